The molecular formula is C10H14N2O2S. The first-order chi connectivity index (χ1) is 7.12. The van der Waals surface area contributed by atoms with Gasteiger partial charge in [-0.05, 0) is 19.8 Å². The number of aliphatic carboxylic acids is 1. The molecule has 82 valence electrons. The molecule has 15 heavy (non-hydrogen) atoms. The predicted octanol–water partition coefficient (Wildman–Crippen LogP) is 1.83. The number of hydrogen-bond donors (Lipinski definition) is 1. The maximum absolute atomic E-state index is 11.0. The number of carboxylic acid groups (broad SMARTS) is 1. The minimum Gasteiger partial charge on any atom is -0.481 e. The first-order valence-corrected chi connectivity index (χ1v) is 5.88. The highest BCUT2D eigenvalue weighted by Crippen LogP contribution is 2.33. The highest BCUT2D eigenvalue weighted by Gasteiger charge is 2.37. The lowest BCUT2D eigenvalue weighted by Gasteiger charge is -2.36. The number of carbonyl (C=O) groups is 1. The number of hydrogen-bond acceptors (Lipinski definition) is 4. The monoisotopic (exact) mass is 226 g/mol. The van der Waals surface area contributed by atoms with E-state index in [4.69, 9.17) is 5.11 Å². The van der Waals surface area contributed by atoms with E-state index in [0.717, 1.165) is 18.2 Å². The summed E-state index contributed by atoms with van der Waals surface area (Å²) in [7, 11) is 0. The van der Waals surface area contributed by atoms with Crippen LogP contribution in [0.4, 0.5) is 5.13 Å². The molecular weight excluding hydrogens is 212 g/mol. The second-order valence-electron chi connectivity index (χ2n) is 4.17. The molecule has 2 rings (SSSR count). The number of rotatable bonds is 2. The molecule has 1 N–H and O–H groups in total. The van der Waals surface area contributed by atoms with Crippen LogP contribution >= 0.6 is 11.3 Å². The molecule has 0 radical (unpaired) electrons. The molecule has 1 saturated heterocycles. The van der Waals surface area contributed by atoms with E-state index in [1.807, 2.05) is 12.3 Å². The van der Waals surface area contributed by atoms with Crippen molar-refractivity contribution in [1.82, 2.24) is 4.98 Å². The molecule has 0 atom stereocenters. The van der Waals surface area contributed by atoms with Crippen LogP contribution in [0.2, 0.25) is 0 Å². The number of aromatic nitrogens is 1. The lowest BCUT2D eigenvalue weighted by Crippen LogP contribution is -2.42. The minimum atomic E-state index is -0.679. The van der Waals surface area contributed by atoms with Crippen LogP contribution < -0.4 is 4.90 Å². The highest BCUT2D eigenvalue weighted by atomic mass is 32.1. The van der Waals surface area contributed by atoms with Crippen LogP contribution in [0.5, 0.6) is 0 Å². The molecule has 1 aliphatic heterocycles. The Labute approximate surface area is 92.6 Å². The van der Waals surface area contributed by atoms with E-state index in [-0.39, 0.29) is 0 Å². The average Bonchev–Trinajstić information content (AvgIpc) is 2.72. The number of anilines is 1. The Morgan fingerprint density at radius 1 is 1.60 bits per heavy atom. The van der Waals surface area contributed by atoms with E-state index in [1.54, 1.807) is 17.5 Å². The van der Waals surface area contributed by atoms with Crippen LogP contribution in [0.3, 0.4) is 0 Å². The molecule has 0 aliphatic carbocycles. The van der Waals surface area contributed by atoms with E-state index in [9.17, 15) is 4.79 Å². The van der Waals surface area contributed by atoms with Gasteiger partial charge in [0.1, 0.15) is 0 Å². The zero-order valence-electron chi connectivity index (χ0n) is 8.64. The second kappa shape index (κ2) is 3.81. The maximum Gasteiger partial charge on any atom is 0.309 e. The van der Waals surface area contributed by atoms with Crippen LogP contribution in [0, 0.1) is 5.41 Å². The predicted molar refractivity (Wildman–Crippen MR) is 59.3 cm³/mol. The molecule has 0 amide bonds. The van der Waals surface area contributed by atoms with Gasteiger partial charge in [0.2, 0.25) is 0 Å². The quantitative estimate of drug-likeness (QED) is 0.836. The Balaban J connectivity index is 2.01. The van der Waals surface area contributed by atoms with Gasteiger partial charge in [0.05, 0.1) is 5.41 Å². The van der Waals surface area contributed by atoms with Crippen molar-refractivity contribution < 1.29 is 9.90 Å². The largest absolute Gasteiger partial charge is 0.481 e. The minimum absolute atomic E-state index is 0.548. The normalized spacial score (nSPS) is 20.2. The molecule has 1 fully saturated rings. The lowest BCUT2D eigenvalue weighted by molar-refractivity contribution is -0.149. The molecule has 1 aromatic rings. The fourth-order valence-electron chi connectivity index (χ4n) is 1.78. The van der Waals surface area contributed by atoms with Crippen LogP contribution in [-0.2, 0) is 4.79 Å². The van der Waals surface area contributed by atoms with E-state index in [1.165, 1.54) is 0 Å². The first kappa shape index (κ1) is 10.4. The molecule has 1 aliphatic rings. The van der Waals surface area contributed by atoms with Crippen molar-refractivity contribution >= 4 is 22.4 Å². The Morgan fingerprint density at radius 3 is 2.73 bits per heavy atom. The van der Waals surface area contributed by atoms with Crippen LogP contribution in [-0.4, -0.2) is 29.1 Å². The smallest absolute Gasteiger partial charge is 0.309 e. The van der Waals surface area contributed by atoms with Crippen molar-refractivity contribution in [3.8, 4) is 0 Å². The van der Waals surface area contributed by atoms with Gasteiger partial charge in [0, 0.05) is 24.7 Å². The van der Waals surface area contributed by atoms with Crippen molar-refractivity contribution in [3.05, 3.63) is 11.6 Å². The van der Waals surface area contributed by atoms with E-state index < -0.39 is 11.4 Å². The van der Waals surface area contributed by atoms with E-state index in [2.05, 4.69) is 9.88 Å². The summed E-state index contributed by atoms with van der Waals surface area (Å²) in [5.41, 5.74) is -0.548. The molecule has 5 heteroatoms. The zero-order chi connectivity index (χ0) is 10.9. The Bertz CT molecular complexity index is 342. The van der Waals surface area contributed by atoms with Gasteiger partial charge in [-0.15, -0.1) is 11.3 Å². The Hall–Kier alpha value is -1.10. The fourth-order valence-corrected chi connectivity index (χ4v) is 2.47. The summed E-state index contributed by atoms with van der Waals surface area (Å²) in [6, 6.07) is 0. The molecule has 0 aromatic carbocycles. The van der Waals surface area contributed by atoms with Gasteiger partial charge in [-0.1, -0.05) is 0 Å². The third-order valence-electron chi connectivity index (χ3n) is 3.07. The molecule has 1 aromatic heterocycles. The van der Waals surface area contributed by atoms with Gasteiger partial charge in [0.15, 0.2) is 5.13 Å². The van der Waals surface area contributed by atoms with Crippen molar-refractivity contribution in [3.63, 3.8) is 0 Å². The summed E-state index contributed by atoms with van der Waals surface area (Å²) >= 11 is 1.61. The third-order valence-corrected chi connectivity index (χ3v) is 3.91. The summed E-state index contributed by atoms with van der Waals surface area (Å²) in [6.45, 7) is 3.40. The van der Waals surface area contributed by atoms with E-state index in [0.29, 0.717) is 12.8 Å². The van der Waals surface area contributed by atoms with E-state index >= 15 is 0 Å². The maximum atomic E-state index is 11.0. The summed E-state index contributed by atoms with van der Waals surface area (Å²) < 4.78 is 0. The SMILES string of the molecule is CC1(C(=O)O)CCN(c2nccs2)CC1. The number of piperidine rings is 1. The topological polar surface area (TPSA) is 53.4 Å². The number of nitrogens with zero attached hydrogens (tertiary/aromatic N) is 2. The average molecular weight is 226 g/mol. The van der Waals surface area contributed by atoms with Gasteiger partial charge in [-0.3, -0.25) is 4.79 Å². The first-order valence-electron chi connectivity index (χ1n) is 5.00. The molecule has 2 heterocycles. The fraction of sp³-hybridized carbons (Fsp3) is 0.600. The van der Waals surface area contributed by atoms with Gasteiger partial charge in [-0.25, -0.2) is 4.98 Å². The number of carboxylic acids is 1. The zero-order valence-corrected chi connectivity index (χ0v) is 9.46. The van der Waals surface area contributed by atoms with Crippen molar-refractivity contribution in [2.45, 2.75) is 19.8 Å². The number of thiazole rings is 1. The second-order valence-corrected chi connectivity index (χ2v) is 5.04. The van der Waals surface area contributed by atoms with Crippen LogP contribution in [0.15, 0.2) is 11.6 Å². The van der Waals surface area contributed by atoms with Gasteiger partial charge >= 0.3 is 5.97 Å². The third kappa shape index (κ3) is 1.97. The lowest BCUT2D eigenvalue weighted by atomic mass is 9.81. The van der Waals surface area contributed by atoms with Crippen LogP contribution in [0.1, 0.15) is 19.8 Å². The summed E-state index contributed by atoms with van der Waals surface area (Å²) in [4.78, 5) is 17.4. The molecule has 4 nitrogen and oxygen atoms in total. The molecule has 0 unspecified atom stereocenters. The molecule has 0 spiro atoms. The Kier molecular flexibility index (Phi) is 2.65. The summed E-state index contributed by atoms with van der Waals surface area (Å²) in [5, 5.41) is 12.0. The Morgan fingerprint density at radius 2 is 2.27 bits per heavy atom. The van der Waals surface area contributed by atoms with Crippen molar-refractivity contribution in [2.75, 3.05) is 18.0 Å². The van der Waals surface area contributed by atoms with Gasteiger partial charge in [0.25, 0.3) is 0 Å². The summed E-state index contributed by atoms with van der Waals surface area (Å²) in [6.07, 6.45) is 3.18. The summed E-state index contributed by atoms with van der Waals surface area (Å²) in [5.74, 6) is -0.679. The highest BCUT2D eigenvalue weighted by molar-refractivity contribution is 7.13. The standard InChI is InChI=1S/C10H14N2O2S/c1-10(8(13)14)2-5-12(6-3-10)9-11-4-7-15-9/h4,7H,2-3,5-6H2,1H3,(H,13,14). The van der Waals surface area contributed by atoms with Gasteiger partial charge in [-0.2, -0.15) is 0 Å². The van der Waals surface area contributed by atoms with Crippen molar-refractivity contribution in [1.29, 1.82) is 0 Å². The molecule has 0 bridgehead atoms. The van der Waals surface area contributed by atoms with Gasteiger partial charge < -0.3 is 10.0 Å². The molecule has 0 saturated carbocycles. The van der Waals surface area contributed by atoms with Crippen LogP contribution in [0.25, 0.3) is 0 Å². The van der Waals surface area contributed by atoms with Crippen molar-refractivity contribution in [2.24, 2.45) is 5.41 Å².